The number of nitrogens with zero attached hydrogens (tertiary/aromatic N) is 1. The molecule has 6 rings (SSSR count). The summed E-state index contributed by atoms with van der Waals surface area (Å²) in [5.41, 5.74) is 1.72. The minimum Gasteiger partial charge on any atom is -0.510 e. The average Bonchev–Trinajstić information content (AvgIpc) is 3.36. The maximum absolute atomic E-state index is 13.3. The second kappa shape index (κ2) is 18.3. The summed E-state index contributed by atoms with van der Waals surface area (Å²) in [7, 11) is 2.98. The Kier molecular flexibility index (Phi) is 14.8. The van der Waals surface area contributed by atoms with E-state index in [4.69, 9.17) is 10.8 Å². The first-order valence-electron chi connectivity index (χ1n) is 18.7. The molecule has 1 heterocycles. The van der Waals surface area contributed by atoms with E-state index in [2.05, 4.69) is 11.7 Å². The molecule has 57 heavy (non-hydrogen) atoms. The van der Waals surface area contributed by atoms with E-state index in [0.717, 1.165) is 6.42 Å². The van der Waals surface area contributed by atoms with Gasteiger partial charge in [-0.1, -0.05) is 70.2 Å². The third-order valence-corrected chi connectivity index (χ3v) is 10.9. The first-order valence-corrected chi connectivity index (χ1v) is 18.7. The average molecular weight is 798 g/mol. The highest BCUT2D eigenvalue weighted by Gasteiger charge is 2.67. The Morgan fingerprint density at radius 3 is 2.04 bits per heavy atom. The second-order valence-electron chi connectivity index (χ2n) is 15.3. The maximum atomic E-state index is 13.3. The molecule has 3 aliphatic carbocycles. The number of aryl methyl sites for hydroxylation is 1. The lowest BCUT2D eigenvalue weighted by Crippen LogP contribution is -2.68. The number of aromatic hydroxyl groups is 2. The molecule has 2 aromatic carbocycles. The van der Waals surface area contributed by atoms with Crippen LogP contribution in [0.3, 0.4) is 0 Å². The van der Waals surface area contributed by atoms with E-state index < -0.39 is 87.3 Å². The number of fused-ring (bicyclic) bond motifs is 3. The predicted molar refractivity (Wildman–Crippen MR) is 207 cm³/mol. The molecule has 16 heteroatoms. The third kappa shape index (κ3) is 8.99. The monoisotopic (exact) mass is 797 g/mol. The van der Waals surface area contributed by atoms with Crippen LogP contribution in [-0.2, 0) is 25.5 Å². The van der Waals surface area contributed by atoms with Crippen LogP contribution in [-0.4, -0.2) is 108 Å². The van der Waals surface area contributed by atoms with Gasteiger partial charge in [0, 0.05) is 11.5 Å². The van der Waals surface area contributed by atoms with Crippen molar-refractivity contribution in [3.05, 3.63) is 81.8 Å². The van der Waals surface area contributed by atoms with Gasteiger partial charge in [0.1, 0.15) is 28.6 Å². The number of phenolic OH excluding ortho intramolecular Hbond substituents is 2. The van der Waals surface area contributed by atoms with E-state index >= 15 is 0 Å². The van der Waals surface area contributed by atoms with E-state index in [0.29, 0.717) is 11.3 Å². The molecule has 11 N–H and O–H groups in total. The van der Waals surface area contributed by atoms with Crippen molar-refractivity contribution in [3.8, 4) is 11.5 Å². The molecule has 312 valence electrons. The number of hydrogen-bond acceptors (Lipinski definition) is 13. The molecule has 0 unspecified atom stereocenters. The number of Topliss-reactive ketones (excluding diaryl/α,β-unsaturated/α-hetero) is 2. The van der Waals surface area contributed by atoms with Crippen LogP contribution in [0.1, 0.15) is 93.6 Å². The maximum Gasteiger partial charge on any atom is 0.415 e. The summed E-state index contributed by atoms with van der Waals surface area (Å²) in [5.74, 6) is -8.88. The van der Waals surface area contributed by atoms with Crippen molar-refractivity contribution in [1.82, 2.24) is 10.2 Å². The Balaban J connectivity index is 0.000000287. The van der Waals surface area contributed by atoms with Gasteiger partial charge in [-0.2, -0.15) is 0 Å². The summed E-state index contributed by atoms with van der Waals surface area (Å²) in [5, 5.41) is 66.2. The van der Waals surface area contributed by atoms with Gasteiger partial charge >= 0.3 is 6.09 Å². The summed E-state index contributed by atoms with van der Waals surface area (Å²) in [4.78, 5) is 60.8. The molecule has 0 radical (unpaired) electrons. The lowest BCUT2D eigenvalue weighted by molar-refractivity contribution is -0.162. The number of benzene rings is 2. The number of carbonyl (C=O) groups is 5. The van der Waals surface area contributed by atoms with Gasteiger partial charge in [-0.3, -0.25) is 29.4 Å². The fourth-order valence-electron chi connectivity index (χ4n) is 7.90. The van der Waals surface area contributed by atoms with Crippen molar-refractivity contribution >= 4 is 29.5 Å². The van der Waals surface area contributed by atoms with Crippen LogP contribution < -0.4 is 11.1 Å². The zero-order chi connectivity index (χ0) is 41.9. The number of ketones is 2. The molecular weight excluding hydrogens is 742 g/mol. The van der Waals surface area contributed by atoms with Gasteiger partial charge in [0.25, 0.3) is 11.8 Å². The highest BCUT2D eigenvalue weighted by molar-refractivity contribution is 6.25. The number of cyclic esters (lactones) is 1. The summed E-state index contributed by atoms with van der Waals surface area (Å²) >= 11 is 0. The lowest BCUT2D eigenvalue weighted by atomic mass is 9.55. The van der Waals surface area contributed by atoms with Crippen LogP contribution in [0.5, 0.6) is 11.5 Å². The van der Waals surface area contributed by atoms with E-state index in [1.165, 1.54) is 83.0 Å². The van der Waals surface area contributed by atoms with Crippen LogP contribution >= 0.6 is 0 Å². The Hall–Kier alpha value is -5.29. The molecule has 0 saturated carbocycles. The summed E-state index contributed by atoms with van der Waals surface area (Å²) in [6.07, 6.45) is 6.94. The van der Waals surface area contributed by atoms with Crippen LogP contribution in [0.2, 0.25) is 0 Å². The van der Waals surface area contributed by atoms with Crippen molar-refractivity contribution in [2.75, 3.05) is 14.1 Å². The quantitative estimate of drug-likeness (QED) is 0.134. The number of likely N-dealkylation sites (N-methyl/N-ethyl adjacent to an activating group) is 1. The number of ether oxygens (including phenoxy) is 1. The molecule has 2 aromatic rings. The van der Waals surface area contributed by atoms with Gasteiger partial charge in [-0.15, -0.1) is 0 Å². The Labute approximate surface area is 330 Å². The van der Waals surface area contributed by atoms with Crippen molar-refractivity contribution in [3.63, 3.8) is 0 Å². The summed E-state index contributed by atoms with van der Waals surface area (Å²) in [6.45, 7) is 6.99. The first kappa shape index (κ1) is 46.1. The molecular formula is C41H55N3O13. The predicted octanol–water partition coefficient (Wildman–Crippen LogP) is 3.15. The number of aliphatic hydroxyl groups excluding tert-OH is 3. The standard InChI is InChI=1S/C22H24N2O8.C14H22O.C5H7NO3.H2O/c1-7-8-5-4-6-9(25)11(8)16(26)12-10(7)17(27)14-15(24(2)3)18(28)13(21(23)31)20(30)22(14,32)19(12)29;1-2-3-4-5-6-7-8-13-9-11-14(15)12-10-13;1-5(2)3(7)6-4(8)9-5;/h4-7,10,14-15,17,25,27-29,32H,1-3H3,(H2,23,31);9-12,15H,2-8H2,1H3;1-2H3,(H,6,7,8);1H2/t7-,10+,14+,15-,17-,22-;;;/m0.../s1. The van der Waals surface area contributed by atoms with Crippen molar-refractivity contribution in [2.24, 2.45) is 17.6 Å². The van der Waals surface area contributed by atoms with Gasteiger partial charge in [0.05, 0.1) is 23.6 Å². The summed E-state index contributed by atoms with van der Waals surface area (Å²) in [6, 6.07) is 10.7. The SMILES string of the molecule is CC1(C)OC(=O)NC1=O.CCCCCCCCc1ccc(O)cc1.C[C@H]1c2cccc(O)c2C(=O)C2=C(O)[C@]3(O)C(=O)C(C(N)=O)=C(O)[C@@H](N(C)C)[C@@H]3[C@@H](O)[C@@H]21.O. The minimum absolute atomic E-state index is 0. The molecule has 6 atom stereocenters. The van der Waals surface area contributed by atoms with E-state index in [9.17, 15) is 49.5 Å². The number of primary amides is 1. The number of hydrogen-bond donors (Lipinski definition) is 8. The van der Waals surface area contributed by atoms with Crippen LogP contribution in [0.25, 0.3) is 0 Å². The normalized spacial score (nSPS) is 25.7. The molecule has 0 aromatic heterocycles. The smallest absolute Gasteiger partial charge is 0.415 e. The number of amides is 3. The molecule has 16 nitrogen and oxygen atoms in total. The molecule has 0 spiro atoms. The molecule has 0 bridgehead atoms. The second-order valence-corrected chi connectivity index (χ2v) is 15.3. The van der Waals surface area contributed by atoms with Crippen LogP contribution in [0.15, 0.2) is 65.1 Å². The van der Waals surface area contributed by atoms with Crippen molar-refractivity contribution in [1.29, 1.82) is 0 Å². The van der Waals surface area contributed by atoms with Crippen molar-refractivity contribution in [2.45, 2.75) is 102 Å². The number of nitrogens with two attached hydrogens (primary N) is 1. The van der Waals surface area contributed by atoms with E-state index in [1.54, 1.807) is 31.2 Å². The number of nitrogens with one attached hydrogen (secondary N) is 1. The van der Waals surface area contributed by atoms with Gasteiger partial charge < -0.3 is 46.6 Å². The Bertz CT molecular complexity index is 1920. The van der Waals surface area contributed by atoms with E-state index in [-0.39, 0.29) is 22.7 Å². The number of carbonyl (C=O) groups excluding carboxylic acids is 5. The Morgan fingerprint density at radius 2 is 1.53 bits per heavy atom. The number of imide groups is 1. The number of phenols is 2. The van der Waals surface area contributed by atoms with E-state index in [1.807, 2.05) is 17.4 Å². The minimum atomic E-state index is -2.89. The third-order valence-electron chi connectivity index (χ3n) is 10.9. The summed E-state index contributed by atoms with van der Waals surface area (Å²) < 4.78 is 4.56. The van der Waals surface area contributed by atoms with Crippen LogP contribution in [0, 0.1) is 11.8 Å². The Morgan fingerprint density at radius 1 is 0.930 bits per heavy atom. The highest BCUT2D eigenvalue weighted by atomic mass is 16.6. The molecule has 1 fully saturated rings. The number of unbranched alkanes of at least 4 members (excludes halogenated alkanes) is 5. The van der Waals surface area contributed by atoms with Gasteiger partial charge in [-0.25, -0.2) is 4.79 Å². The largest absolute Gasteiger partial charge is 0.510 e. The molecule has 1 aliphatic heterocycles. The van der Waals surface area contributed by atoms with Gasteiger partial charge in [0.15, 0.2) is 17.0 Å². The van der Waals surface area contributed by atoms with Crippen molar-refractivity contribution < 1.29 is 64.8 Å². The van der Waals surface area contributed by atoms with Gasteiger partial charge in [-0.05, 0) is 76.0 Å². The fourth-order valence-corrected chi connectivity index (χ4v) is 7.90. The van der Waals surface area contributed by atoms with Gasteiger partial charge in [0.2, 0.25) is 5.78 Å². The number of rotatable bonds is 9. The molecule has 4 aliphatic rings. The topological polar surface area (TPSA) is 289 Å². The fraction of sp³-hybridized carbons (Fsp3) is 0.488. The zero-order valence-corrected chi connectivity index (χ0v) is 33.0. The molecule has 1 saturated heterocycles. The number of alkyl carbamates (subject to hydrolysis) is 1. The lowest BCUT2D eigenvalue weighted by Gasteiger charge is -2.53. The first-order chi connectivity index (χ1) is 26.2. The molecule has 3 amide bonds. The van der Waals surface area contributed by atoms with Crippen LogP contribution in [0.4, 0.5) is 4.79 Å². The highest BCUT2D eigenvalue weighted by Crippen LogP contribution is 2.55. The zero-order valence-electron chi connectivity index (χ0n) is 33.0. The number of aliphatic hydroxyl groups is 4.